The lowest BCUT2D eigenvalue weighted by Gasteiger charge is -2.40. The van der Waals surface area contributed by atoms with Crippen LogP contribution in [-0.4, -0.2) is 11.9 Å². The van der Waals surface area contributed by atoms with Gasteiger partial charge >= 0.3 is 0 Å². The number of hydrogen-bond donors (Lipinski definition) is 0. The van der Waals surface area contributed by atoms with Crippen LogP contribution < -0.4 is 4.74 Å². The van der Waals surface area contributed by atoms with Crippen LogP contribution in [-0.2, 0) is 11.8 Å². The lowest BCUT2D eigenvalue weighted by Crippen LogP contribution is -2.37. The summed E-state index contributed by atoms with van der Waals surface area (Å²) in [6, 6.07) is 6.68. The zero-order valence-electron chi connectivity index (χ0n) is 13.3. The van der Waals surface area contributed by atoms with Crippen molar-refractivity contribution < 1.29 is 4.74 Å². The summed E-state index contributed by atoms with van der Waals surface area (Å²) in [7, 11) is 0. The van der Waals surface area contributed by atoms with Crippen molar-refractivity contribution >= 4 is 15.9 Å². The predicted molar refractivity (Wildman–Crippen MR) is 90.1 cm³/mol. The molecule has 1 aromatic rings. The highest BCUT2D eigenvalue weighted by molar-refractivity contribution is 9.09. The van der Waals surface area contributed by atoms with Gasteiger partial charge in [0.25, 0.3) is 0 Å². The van der Waals surface area contributed by atoms with Crippen LogP contribution in [0.15, 0.2) is 18.2 Å². The zero-order chi connectivity index (χ0) is 14.8. The molecule has 0 radical (unpaired) electrons. The topological polar surface area (TPSA) is 9.23 Å². The van der Waals surface area contributed by atoms with E-state index in [0.717, 1.165) is 24.1 Å². The Labute approximate surface area is 132 Å². The first kappa shape index (κ1) is 15.9. The summed E-state index contributed by atoms with van der Waals surface area (Å²) in [4.78, 5) is 0. The van der Waals surface area contributed by atoms with Crippen molar-refractivity contribution in [2.45, 2.75) is 58.8 Å². The summed E-state index contributed by atoms with van der Waals surface area (Å²) < 4.78 is 6.23. The van der Waals surface area contributed by atoms with Crippen LogP contribution in [0.3, 0.4) is 0 Å². The smallest absolute Gasteiger partial charge is 0.123 e. The van der Waals surface area contributed by atoms with Gasteiger partial charge in [0.1, 0.15) is 5.75 Å². The van der Waals surface area contributed by atoms with Gasteiger partial charge < -0.3 is 4.74 Å². The number of alkyl halides is 1. The van der Waals surface area contributed by atoms with E-state index in [2.05, 4.69) is 61.8 Å². The molecule has 0 bridgehead atoms. The first-order valence-electron chi connectivity index (χ1n) is 7.72. The highest BCUT2D eigenvalue weighted by Crippen LogP contribution is 2.43. The number of ether oxygens (including phenoxy) is 1. The third-order valence-corrected chi connectivity index (χ3v) is 5.68. The van der Waals surface area contributed by atoms with Crippen molar-refractivity contribution in [2.75, 3.05) is 11.9 Å². The van der Waals surface area contributed by atoms with Crippen molar-refractivity contribution in [1.82, 2.24) is 0 Å². The lowest BCUT2D eigenvalue weighted by atomic mass is 9.71. The normalized spacial score (nSPS) is 17.6. The van der Waals surface area contributed by atoms with Crippen LogP contribution >= 0.6 is 15.9 Å². The molecule has 1 aliphatic rings. The van der Waals surface area contributed by atoms with Crippen molar-refractivity contribution in [3.8, 4) is 5.75 Å². The number of benzene rings is 1. The van der Waals surface area contributed by atoms with Gasteiger partial charge in [0.15, 0.2) is 0 Å². The average molecular weight is 339 g/mol. The number of halogens is 1. The number of hydrogen-bond acceptors (Lipinski definition) is 1. The summed E-state index contributed by atoms with van der Waals surface area (Å²) in [5.41, 5.74) is 3.22. The van der Waals surface area contributed by atoms with Crippen molar-refractivity contribution in [1.29, 1.82) is 0 Å². The van der Waals surface area contributed by atoms with Gasteiger partial charge in [-0.25, -0.2) is 0 Å². The van der Waals surface area contributed by atoms with Gasteiger partial charge in [0.2, 0.25) is 0 Å². The van der Waals surface area contributed by atoms with E-state index in [1.54, 1.807) is 0 Å². The standard InChI is InChI=1S/C18H27BrO/c1-5-14-7-8-16(15(11-14)17(2,3)4)20-13-18(12-19)9-6-10-18/h7-8,11H,5-6,9-10,12-13H2,1-4H3. The van der Waals surface area contributed by atoms with E-state index in [4.69, 9.17) is 4.74 Å². The Hall–Kier alpha value is -0.500. The zero-order valence-corrected chi connectivity index (χ0v) is 14.8. The summed E-state index contributed by atoms with van der Waals surface area (Å²) in [6.07, 6.45) is 5.00. The minimum Gasteiger partial charge on any atom is -0.493 e. The van der Waals surface area contributed by atoms with Crippen LogP contribution in [0.4, 0.5) is 0 Å². The molecule has 1 fully saturated rings. The van der Waals surface area contributed by atoms with E-state index in [1.807, 2.05) is 0 Å². The first-order valence-corrected chi connectivity index (χ1v) is 8.84. The van der Waals surface area contributed by atoms with Gasteiger partial charge in [-0.3, -0.25) is 0 Å². The first-order chi connectivity index (χ1) is 9.40. The lowest BCUT2D eigenvalue weighted by molar-refractivity contribution is 0.0826. The van der Waals surface area contributed by atoms with Gasteiger partial charge in [0.05, 0.1) is 6.61 Å². The molecule has 0 saturated heterocycles. The molecular weight excluding hydrogens is 312 g/mol. The third-order valence-electron chi connectivity index (χ3n) is 4.49. The second kappa shape index (κ2) is 6.09. The Morgan fingerprint density at radius 3 is 2.40 bits per heavy atom. The molecule has 0 unspecified atom stereocenters. The Bertz CT molecular complexity index is 449. The molecule has 1 aliphatic carbocycles. The van der Waals surface area contributed by atoms with E-state index >= 15 is 0 Å². The van der Waals surface area contributed by atoms with Gasteiger partial charge in [0, 0.05) is 10.7 Å². The van der Waals surface area contributed by atoms with Gasteiger partial charge in [-0.2, -0.15) is 0 Å². The molecule has 2 rings (SSSR count). The molecule has 0 atom stereocenters. The molecule has 1 nitrogen and oxygen atoms in total. The van der Waals surface area contributed by atoms with Crippen molar-refractivity contribution in [2.24, 2.45) is 5.41 Å². The van der Waals surface area contributed by atoms with Crippen LogP contribution in [0.1, 0.15) is 58.1 Å². The molecule has 0 aromatic heterocycles. The molecule has 20 heavy (non-hydrogen) atoms. The summed E-state index contributed by atoms with van der Waals surface area (Å²) in [6.45, 7) is 9.83. The van der Waals surface area contributed by atoms with E-state index < -0.39 is 0 Å². The second-order valence-corrected chi connectivity index (χ2v) is 7.77. The molecule has 1 aromatic carbocycles. The van der Waals surface area contributed by atoms with E-state index in [0.29, 0.717) is 5.41 Å². The van der Waals surface area contributed by atoms with E-state index in [9.17, 15) is 0 Å². The molecule has 0 spiro atoms. The highest BCUT2D eigenvalue weighted by atomic mass is 79.9. The SMILES string of the molecule is CCc1ccc(OCC2(CBr)CCC2)c(C(C)(C)C)c1. The van der Waals surface area contributed by atoms with Gasteiger partial charge in [-0.05, 0) is 41.9 Å². The van der Waals surface area contributed by atoms with Crippen LogP contribution in [0, 0.1) is 5.41 Å². The van der Waals surface area contributed by atoms with Crippen molar-refractivity contribution in [3.63, 3.8) is 0 Å². The fourth-order valence-electron chi connectivity index (χ4n) is 2.73. The molecule has 0 heterocycles. The quantitative estimate of drug-likeness (QED) is 0.645. The maximum atomic E-state index is 6.23. The summed E-state index contributed by atoms with van der Waals surface area (Å²) in [5.74, 6) is 1.07. The molecule has 0 aliphatic heterocycles. The Kier molecular flexibility index (Phi) is 4.84. The third kappa shape index (κ3) is 3.39. The fraction of sp³-hybridized carbons (Fsp3) is 0.667. The Morgan fingerprint density at radius 2 is 1.95 bits per heavy atom. The van der Waals surface area contributed by atoms with Crippen molar-refractivity contribution in [3.05, 3.63) is 29.3 Å². The largest absolute Gasteiger partial charge is 0.493 e. The molecule has 0 amide bonds. The minimum atomic E-state index is 0.127. The van der Waals surface area contributed by atoms with Gasteiger partial charge in [-0.15, -0.1) is 0 Å². The number of rotatable bonds is 5. The molecule has 2 heteroatoms. The Morgan fingerprint density at radius 1 is 1.25 bits per heavy atom. The van der Waals surface area contributed by atoms with Gasteiger partial charge in [-0.1, -0.05) is 62.2 Å². The summed E-state index contributed by atoms with van der Waals surface area (Å²) in [5, 5.41) is 1.05. The van der Waals surface area contributed by atoms with E-state index in [1.165, 1.54) is 30.4 Å². The second-order valence-electron chi connectivity index (χ2n) is 7.21. The molecular formula is C18H27BrO. The predicted octanol–water partition coefficient (Wildman–Crippen LogP) is 5.49. The maximum absolute atomic E-state index is 6.23. The highest BCUT2D eigenvalue weighted by Gasteiger charge is 2.37. The number of aryl methyl sites for hydroxylation is 1. The molecule has 112 valence electrons. The fourth-order valence-corrected chi connectivity index (χ4v) is 3.46. The molecule has 1 saturated carbocycles. The molecule has 0 N–H and O–H groups in total. The van der Waals surface area contributed by atoms with Crippen LogP contribution in [0.2, 0.25) is 0 Å². The Balaban J connectivity index is 2.18. The van der Waals surface area contributed by atoms with E-state index in [-0.39, 0.29) is 5.41 Å². The van der Waals surface area contributed by atoms with Crippen LogP contribution in [0.25, 0.3) is 0 Å². The maximum Gasteiger partial charge on any atom is 0.123 e. The monoisotopic (exact) mass is 338 g/mol. The average Bonchev–Trinajstić information content (AvgIpc) is 2.37. The van der Waals surface area contributed by atoms with Crippen LogP contribution in [0.5, 0.6) is 5.75 Å². The summed E-state index contributed by atoms with van der Waals surface area (Å²) >= 11 is 3.66. The minimum absolute atomic E-state index is 0.127.